The van der Waals surface area contributed by atoms with Crippen molar-refractivity contribution in [1.82, 2.24) is 15.5 Å². The van der Waals surface area contributed by atoms with Crippen LogP contribution in [0.4, 0.5) is 0 Å². The fourth-order valence-corrected chi connectivity index (χ4v) is 1.85. The third-order valence-corrected chi connectivity index (χ3v) is 2.64. The predicted octanol–water partition coefficient (Wildman–Crippen LogP) is 1.40. The molecule has 0 unspecified atom stereocenters. The van der Waals surface area contributed by atoms with Crippen LogP contribution in [0.25, 0.3) is 0 Å². The molecule has 0 fully saturated rings. The summed E-state index contributed by atoms with van der Waals surface area (Å²) in [5.41, 5.74) is 1.06. The van der Waals surface area contributed by atoms with Gasteiger partial charge in [0.1, 0.15) is 0 Å². The Kier molecular flexibility index (Phi) is 2.85. The molecule has 94 valence electrons. The van der Waals surface area contributed by atoms with Crippen LogP contribution in [0, 0.1) is 6.92 Å². The minimum Gasteiger partial charge on any atom is -0.454 e. The van der Waals surface area contributed by atoms with Crippen molar-refractivity contribution >= 4 is 0 Å². The average molecular weight is 247 g/mol. The van der Waals surface area contributed by atoms with Gasteiger partial charge in [0.15, 0.2) is 17.3 Å². The van der Waals surface area contributed by atoms with E-state index in [2.05, 4.69) is 15.5 Å². The van der Waals surface area contributed by atoms with E-state index in [0.29, 0.717) is 24.8 Å². The number of hydrogen-bond acceptors (Lipinski definition) is 6. The summed E-state index contributed by atoms with van der Waals surface area (Å²) in [7, 11) is 0. The van der Waals surface area contributed by atoms with Crippen LogP contribution in [0.3, 0.4) is 0 Å². The van der Waals surface area contributed by atoms with Gasteiger partial charge in [-0.3, -0.25) is 0 Å². The molecule has 0 bridgehead atoms. The number of para-hydroxylation sites is 1. The Balaban J connectivity index is 1.62. The molecule has 0 radical (unpaired) electrons. The lowest BCUT2D eigenvalue weighted by atomic mass is 10.2. The summed E-state index contributed by atoms with van der Waals surface area (Å²) >= 11 is 0. The maximum atomic E-state index is 5.42. The van der Waals surface area contributed by atoms with Gasteiger partial charge in [0, 0.05) is 12.1 Å². The highest BCUT2D eigenvalue weighted by molar-refractivity contribution is 5.48. The Bertz CT molecular complexity index is 553. The second-order valence-electron chi connectivity index (χ2n) is 3.99. The van der Waals surface area contributed by atoms with Crippen molar-refractivity contribution in [3.63, 3.8) is 0 Å². The Morgan fingerprint density at radius 1 is 1.28 bits per heavy atom. The summed E-state index contributed by atoms with van der Waals surface area (Å²) in [6, 6.07) is 5.84. The number of rotatable bonds is 4. The molecule has 6 heteroatoms. The third-order valence-electron chi connectivity index (χ3n) is 2.64. The summed E-state index contributed by atoms with van der Waals surface area (Å²) in [5, 5.41) is 6.96. The molecule has 0 spiro atoms. The molecular weight excluding hydrogens is 234 g/mol. The van der Waals surface area contributed by atoms with Gasteiger partial charge in [0.25, 0.3) is 0 Å². The van der Waals surface area contributed by atoms with Crippen LogP contribution in [0.1, 0.15) is 17.3 Å². The molecule has 0 amide bonds. The van der Waals surface area contributed by atoms with Crippen LogP contribution in [0.15, 0.2) is 22.7 Å². The molecule has 1 N–H and O–H groups in total. The molecule has 0 atom stereocenters. The molecule has 1 aromatic heterocycles. The van der Waals surface area contributed by atoms with Crippen molar-refractivity contribution in [3.8, 4) is 11.5 Å². The molecular formula is C12H13N3O3. The van der Waals surface area contributed by atoms with Gasteiger partial charge in [-0.2, -0.15) is 4.98 Å². The summed E-state index contributed by atoms with van der Waals surface area (Å²) in [6.07, 6.45) is 0. The van der Waals surface area contributed by atoms with E-state index in [9.17, 15) is 0 Å². The number of nitrogens with one attached hydrogen (secondary N) is 1. The molecule has 0 saturated carbocycles. The van der Waals surface area contributed by atoms with E-state index < -0.39 is 0 Å². The Morgan fingerprint density at radius 2 is 2.22 bits per heavy atom. The fourth-order valence-electron chi connectivity index (χ4n) is 1.85. The number of benzene rings is 1. The molecule has 1 aliphatic rings. The van der Waals surface area contributed by atoms with Crippen LogP contribution in [-0.2, 0) is 13.1 Å². The third kappa shape index (κ3) is 2.14. The molecule has 0 aliphatic carbocycles. The van der Waals surface area contributed by atoms with Crippen molar-refractivity contribution < 1.29 is 14.0 Å². The van der Waals surface area contributed by atoms with Crippen molar-refractivity contribution in [1.29, 1.82) is 0 Å². The second-order valence-corrected chi connectivity index (χ2v) is 3.99. The zero-order valence-corrected chi connectivity index (χ0v) is 9.97. The number of fused-ring (bicyclic) bond motifs is 1. The van der Waals surface area contributed by atoms with Crippen molar-refractivity contribution in [2.45, 2.75) is 20.0 Å². The van der Waals surface area contributed by atoms with Gasteiger partial charge in [-0.15, -0.1) is 0 Å². The first kappa shape index (κ1) is 11.0. The smallest absolute Gasteiger partial charge is 0.240 e. The Morgan fingerprint density at radius 3 is 3.06 bits per heavy atom. The molecule has 6 nitrogen and oxygen atoms in total. The van der Waals surface area contributed by atoms with Gasteiger partial charge in [-0.25, -0.2) is 0 Å². The molecule has 0 saturated heterocycles. The maximum absolute atomic E-state index is 5.42. The van der Waals surface area contributed by atoms with Crippen molar-refractivity contribution in [2.24, 2.45) is 0 Å². The number of ether oxygens (including phenoxy) is 2. The van der Waals surface area contributed by atoms with Crippen LogP contribution < -0.4 is 14.8 Å². The molecule has 2 heterocycles. The number of hydrogen-bond donors (Lipinski definition) is 1. The largest absolute Gasteiger partial charge is 0.454 e. The molecule has 18 heavy (non-hydrogen) atoms. The standard InChI is InChI=1S/C12H13N3O3/c1-8-14-11(18-15-8)6-13-5-9-3-2-4-10-12(9)17-7-16-10/h2-4,13H,5-7H2,1H3. The SMILES string of the molecule is Cc1noc(CNCc2cccc3c2OCO3)n1. The lowest BCUT2D eigenvalue weighted by Gasteiger charge is -2.05. The van der Waals surface area contributed by atoms with E-state index in [0.717, 1.165) is 17.1 Å². The van der Waals surface area contributed by atoms with Gasteiger partial charge in [0.05, 0.1) is 6.54 Å². The highest BCUT2D eigenvalue weighted by Gasteiger charge is 2.16. The second kappa shape index (κ2) is 4.66. The summed E-state index contributed by atoms with van der Waals surface area (Å²) < 4.78 is 15.8. The lowest BCUT2D eigenvalue weighted by molar-refractivity contribution is 0.173. The van der Waals surface area contributed by atoms with Gasteiger partial charge < -0.3 is 19.3 Å². The Labute approximate surface area is 104 Å². The minimum atomic E-state index is 0.287. The first-order valence-electron chi connectivity index (χ1n) is 5.70. The average Bonchev–Trinajstić information content (AvgIpc) is 2.98. The monoisotopic (exact) mass is 247 g/mol. The van der Waals surface area contributed by atoms with E-state index in [1.807, 2.05) is 18.2 Å². The van der Waals surface area contributed by atoms with Crippen LogP contribution in [0.2, 0.25) is 0 Å². The number of nitrogens with zero attached hydrogens (tertiary/aromatic N) is 2. The normalized spacial score (nSPS) is 12.9. The van der Waals surface area contributed by atoms with E-state index in [-0.39, 0.29) is 6.79 Å². The zero-order chi connectivity index (χ0) is 12.4. The van der Waals surface area contributed by atoms with Crippen LogP contribution >= 0.6 is 0 Å². The van der Waals surface area contributed by atoms with Gasteiger partial charge in [0.2, 0.25) is 12.7 Å². The topological polar surface area (TPSA) is 69.4 Å². The van der Waals surface area contributed by atoms with E-state index in [4.69, 9.17) is 14.0 Å². The van der Waals surface area contributed by atoms with Crippen LogP contribution in [-0.4, -0.2) is 16.9 Å². The quantitative estimate of drug-likeness (QED) is 0.880. The zero-order valence-electron chi connectivity index (χ0n) is 9.97. The molecule has 1 aromatic carbocycles. The maximum Gasteiger partial charge on any atom is 0.240 e. The predicted molar refractivity (Wildman–Crippen MR) is 62.1 cm³/mol. The van der Waals surface area contributed by atoms with Gasteiger partial charge in [-0.05, 0) is 13.0 Å². The summed E-state index contributed by atoms with van der Waals surface area (Å²) in [5.74, 6) is 2.83. The lowest BCUT2D eigenvalue weighted by Crippen LogP contribution is -2.13. The number of aromatic nitrogens is 2. The van der Waals surface area contributed by atoms with Crippen LogP contribution in [0.5, 0.6) is 11.5 Å². The van der Waals surface area contributed by atoms with E-state index in [1.54, 1.807) is 6.92 Å². The number of aryl methyl sites for hydroxylation is 1. The minimum absolute atomic E-state index is 0.287. The summed E-state index contributed by atoms with van der Waals surface area (Å²) in [6.45, 7) is 3.27. The molecule has 3 rings (SSSR count). The summed E-state index contributed by atoms with van der Waals surface area (Å²) in [4.78, 5) is 4.12. The Hall–Kier alpha value is -2.08. The molecule has 2 aromatic rings. The highest BCUT2D eigenvalue weighted by atomic mass is 16.7. The first-order chi connectivity index (χ1) is 8.83. The fraction of sp³-hybridized carbons (Fsp3) is 0.333. The van der Waals surface area contributed by atoms with Crippen molar-refractivity contribution in [3.05, 3.63) is 35.5 Å². The molecule has 1 aliphatic heterocycles. The van der Waals surface area contributed by atoms with Crippen molar-refractivity contribution in [2.75, 3.05) is 6.79 Å². The highest BCUT2D eigenvalue weighted by Crippen LogP contribution is 2.35. The van der Waals surface area contributed by atoms with E-state index in [1.165, 1.54) is 0 Å². The van der Waals surface area contributed by atoms with Gasteiger partial charge in [-0.1, -0.05) is 17.3 Å². The van der Waals surface area contributed by atoms with E-state index >= 15 is 0 Å². The van der Waals surface area contributed by atoms with Gasteiger partial charge >= 0.3 is 0 Å². The first-order valence-corrected chi connectivity index (χ1v) is 5.70.